The zero-order valence-corrected chi connectivity index (χ0v) is 11.3. The van der Waals surface area contributed by atoms with Crippen LogP contribution < -0.4 is 10.1 Å². The molecule has 1 aliphatic carbocycles. The molecular formula is C14H20N2O3. The van der Waals surface area contributed by atoms with Crippen LogP contribution in [0.15, 0.2) is 18.3 Å². The Morgan fingerprint density at radius 2 is 2.37 bits per heavy atom. The first-order valence-electron chi connectivity index (χ1n) is 6.56. The Morgan fingerprint density at radius 1 is 1.58 bits per heavy atom. The fraction of sp³-hybridized carbons (Fsp3) is 0.571. The van der Waals surface area contributed by atoms with E-state index in [0.717, 1.165) is 24.9 Å². The number of ether oxygens (including phenoxy) is 1. The van der Waals surface area contributed by atoms with Crippen LogP contribution in [0.5, 0.6) is 5.88 Å². The van der Waals surface area contributed by atoms with Gasteiger partial charge in [0.1, 0.15) is 0 Å². The number of carboxylic acids is 1. The molecule has 2 rings (SSSR count). The van der Waals surface area contributed by atoms with Gasteiger partial charge in [0.25, 0.3) is 0 Å². The molecule has 1 fully saturated rings. The Balaban J connectivity index is 2.17. The molecule has 1 heterocycles. The third-order valence-corrected chi connectivity index (χ3v) is 3.98. The van der Waals surface area contributed by atoms with Crippen LogP contribution in [0.1, 0.15) is 32.6 Å². The summed E-state index contributed by atoms with van der Waals surface area (Å²) in [5.41, 5.74) is 0.139. The highest BCUT2D eigenvalue weighted by Crippen LogP contribution is 2.38. The lowest BCUT2D eigenvalue weighted by atomic mass is 9.71. The second-order valence-corrected chi connectivity index (χ2v) is 5.25. The first-order chi connectivity index (χ1) is 9.06. The molecule has 19 heavy (non-hydrogen) atoms. The fourth-order valence-corrected chi connectivity index (χ4v) is 2.63. The summed E-state index contributed by atoms with van der Waals surface area (Å²) < 4.78 is 5.08. The molecule has 2 N–H and O–H groups in total. The van der Waals surface area contributed by atoms with Crippen molar-refractivity contribution in [3.8, 4) is 5.88 Å². The Hall–Kier alpha value is -1.78. The van der Waals surface area contributed by atoms with Gasteiger partial charge in [0, 0.05) is 24.0 Å². The van der Waals surface area contributed by atoms with Crippen LogP contribution in [0.3, 0.4) is 0 Å². The highest BCUT2D eigenvalue weighted by molar-refractivity contribution is 5.76. The Morgan fingerprint density at radius 3 is 3.05 bits per heavy atom. The lowest BCUT2D eigenvalue weighted by Crippen LogP contribution is -2.46. The van der Waals surface area contributed by atoms with Crippen LogP contribution in [-0.4, -0.2) is 29.2 Å². The van der Waals surface area contributed by atoms with Crippen LogP contribution >= 0.6 is 0 Å². The molecular weight excluding hydrogens is 244 g/mol. The first-order valence-corrected chi connectivity index (χ1v) is 6.56. The molecule has 2 atom stereocenters. The number of hydrogen-bond donors (Lipinski definition) is 2. The number of pyridine rings is 1. The molecule has 1 aromatic heterocycles. The largest absolute Gasteiger partial charge is 0.481 e. The molecule has 2 unspecified atom stereocenters. The number of nitrogens with one attached hydrogen (secondary N) is 1. The molecule has 104 valence electrons. The van der Waals surface area contributed by atoms with Crippen LogP contribution in [-0.2, 0) is 4.79 Å². The van der Waals surface area contributed by atoms with E-state index >= 15 is 0 Å². The smallest absolute Gasteiger partial charge is 0.311 e. The molecule has 5 heteroatoms. The number of carboxylic acid groups (broad SMARTS) is 1. The summed E-state index contributed by atoms with van der Waals surface area (Å²) in [6.07, 6.45) is 5.27. The Labute approximate surface area is 113 Å². The number of nitrogens with zero attached hydrogens (tertiary/aromatic N) is 1. The normalized spacial score (nSPS) is 26.7. The van der Waals surface area contributed by atoms with Gasteiger partial charge in [-0.2, -0.15) is 0 Å². The molecule has 0 amide bonds. The van der Waals surface area contributed by atoms with Crippen molar-refractivity contribution in [3.63, 3.8) is 0 Å². The van der Waals surface area contributed by atoms with E-state index in [4.69, 9.17) is 4.74 Å². The summed E-state index contributed by atoms with van der Waals surface area (Å²) >= 11 is 0. The second-order valence-electron chi connectivity index (χ2n) is 5.25. The number of carbonyl (C=O) groups is 1. The molecule has 5 nitrogen and oxygen atoms in total. The van der Waals surface area contributed by atoms with Gasteiger partial charge in [0.15, 0.2) is 0 Å². The standard InChI is InChI=1S/C14H20N2O3/c1-14(13(17)18)7-4-3-5-11(14)16-10-6-8-15-12(9-10)19-2/h6,8-9,11H,3-5,7H2,1-2H3,(H,15,16)(H,17,18). The summed E-state index contributed by atoms with van der Waals surface area (Å²) in [7, 11) is 1.56. The molecule has 0 spiro atoms. The van der Waals surface area contributed by atoms with Crippen LogP contribution in [0.4, 0.5) is 5.69 Å². The maximum Gasteiger partial charge on any atom is 0.311 e. The molecule has 0 bridgehead atoms. The maximum atomic E-state index is 11.5. The van der Waals surface area contributed by atoms with Crippen molar-refractivity contribution in [3.05, 3.63) is 18.3 Å². The van der Waals surface area contributed by atoms with E-state index in [9.17, 15) is 9.90 Å². The van der Waals surface area contributed by atoms with Gasteiger partial charge in [-0.1, -0.05) is 12.8 Å². The quantitative estimate of drug-likeness (QED) is 0.874. The van der Waals surface area contributed by atoms with Gasteiger partial charge in [-0.3, -0.25) is 4.79 Å². The van der Waals surface area contributed by atoms with Gasteiger partial charge in [-0.15, -0.1) is 0 Å². The number of rotatable bonds is 4. The molecule has 0 aliphatic heterocycles. The maximum absolute atomic E-state index is 11.5. The zero-order valence-electron chi connectivity index (χ0n) is 11.3. The zero-order chi connectivity index (χ0) is 13.9. The van der Waals surface area contributed by atoms with Crippen LogP contribution in [0.25, 0.3) is 0 Å². The number of hydrogen-bond acceptors (Lipinski definition) is 4. The Bertz CT molecular complexity index is 464. The summed E-state index contributed by atoms with van der Waals surface area (Å²) in [4.78, 5) is 15.6. The van der Waals surface area contributed by atoms with Crippen molar-refractivity contribution in [2.24, 2.45) is 5.41 Å². The van der Waals surface area contributed by atoms with Crippen molar-refractivity contribution in [2.75, 3.05) is 12.4 Å². The summed E-state index contributed by atoms with van der Waals surface area (Å²) in [6, 6.07) is 3.56. The number of aliphatic carboxylic acids is 1. The van der Waals surface area contributed by atoms with Crippen molar-refractivity contribution in [2.45, 2.75) is 38.6 Å². The third kappa shape index (κ3) is 2.80. The molecule has 1 saturated carbocycles. The van der Waals surface area contributed by atoms with Crippen molar-refractivity contribution in [1.82, 2.24) is 4.98 Å². The molecule has 0 radical (unpaired) electrons. The average Bonchev–Trinajstić information content (AvgIpc) is 2.41. The number of aromatic nitrogens is 1. The van der Waals surface area contributed by atoms with Gasteiger partial charge in [-0.25, -0.2) is 4.98 Å². The van der Waals surface area contributed by atoms with Gasteiger partial charge >= 0.3 is 5.97 Å². The fourth-order valence-electron chi connectivity index (χ4n) is 2.63. The minimum Gasteiger partial charge on any atom is -0.481 e. The molecule has 0 aromatic carbocycles. The third-order valence-electron chi connectivity index (χ3n) is 3.98. The van der Waals surface area contributed by atoms with Crippen molar-refractivity contribution in [1.29, 1.82) is 0 Å². The van der Waals surface area contributed by atoms with Crippen LogP contribution in [0.2, 0.25) is 0 Å². The van der Waals surface area contributed by atoms with Crippen molar-refractivity contribution >= 4 is 11.7 Å². The highest BCUT2D eigenvalue weighted by atomic mass is 16.5. The van der Waals surface area contributed by atoms with Gasteiger partial charge in [0.2, 0.25) is 5.88 Å². The van der Waals surface area contributed by atoms with Gasteiger partial charge in [-0.05, 0) is 25.8 Å². The van der Waals surface area contributed by atoms with E-state index in [1.165, 1.54) is 0 Å². The lowest BCUT2D eigenvalue weighted by Gasteiger charge is -2.38. The van der Waals surface area contributed by atoms with Gasteiger partial charge in [0.05, 0.1) is 12.5 Å². The van der Waals surface area contributed by atoms with Crippen molar-refractivity contribution < 1.29 is 14.6 Å². The van der Waals surface area contributed by atoms with E-state index in [1.807, 2.05) is 13.0 Å². The minimum atomic E-state index is -0.731. The first kappa shape index (κ1) is 13.6. The predicted octanol–water partition coefficient (Wildman–Crippen LogP) is 2.54. The summed E-state index contributed by atoms with van der Waals surface area (Å²) in [6.45, 7) is 1.82. The number of methoxy groups -OCH3 is 1. The monoisotopic (exact) mass is 264 g/mol. The van der Waals surface area contributed by atoms with E-state index in [0.29, 0.717) is 12.3 Å². The average molecular weight is 264 g/mol. The van der Waals surface area contributed by atoms with E-state index in [1.54, 1.807) is 19.4 Å². The van der Waals surface area contributed by atoms with E-state index in [2.05, 4.69) is 10.3 Å². The predicted molar refractivity (Wildman–Crippen MR) is 72.4 cm³/mol. The topological polar surface area (TPSA) is 71.5 Å². The summed E-state index contributed by atoms with van der Waals surface area (Å²) in [5.74, 6) is -0.205. The second kappa shape index (κ2) is 5.47. The van der Waals surface area contributed by atoms with E-state index < -0.39 is 11.4 Å². The molecule has 0 saturated heterocycles. The Kier molecular flexibility index (Phi) is 3.93. The summed E-state index contributed by atoms with van der Waals surface area (Å²) in [5, 5.41) is 12.8. The lowest BCUT2D eigenvalue weighted by molar-refractivity contribution is -0.150. The number of anilines is 1. The van der Waals surface area contributed by atoms with Gasteiger partial charge < -0.3 is 15.2 Å². The molecule has 1 aliphatic rings. The minimum absolute atomic E-state index is 0.0640. The van der Waals surface area contributed by atoms with E-state index in [-0.39, 0.29) is 6.04 Å². The molecule has 1 aromatic rings. The SMILES string of the molecule is COc1cc(NC2CCCCC2(C)C(=O)O)ccn1. The highest BCUT2D eigenvalue weighted by Gasteiger charge is 2.43. The van der Waals surface area contributed by atoms with Crippen LogP contribution in [0, 0.1) is 5.41 Å².